The van der Waals surface area contributed by atoms with E-state index in [0.29, 0.717) is 18.0 Å². The van der Waals surface area contributed by atoms with Crippen molar-refractivity contribution < 1.29 is 9.53 Å². The number of ether oxygens (including phenoxy) is 1. The van der Waals surface area contributed by atoms with E-state index in [9.17, 15) is 4.79 Å². The van der Waals surface area contributed by atoms with Gasteiger partial charge in [-0.1, -0.05) is 18.2 Å². The van der Waals surface area contributed by atoms with Crippen molar-refractivity contribution in [3.63, 3.8) is 0 Å². The van der Waals surface area contributed by atoms with Gasteiger partial charge in [-0.05, 0) is 26.0 Å². The van der Waals surface area contributed by atoms with Crippen molar-refractivity contribution in [3.8, 4) is 5.75 Å². The van der Waals surface area contributed by atoms with Gasteiger partial charge in [0.15, 0.2) is 0 Å². The molecule has 92 valence electrons. The molecule has 0 radical (unpaired) electrons. The summed E-state index contributed by atoms with van der Waals surface area (Å²) in [6.45, 7) is 7.84. The molecule has 0 fully saturated rings. The summed E-state index contributed by atoms with van der Waals surface area (Å²) in [7, 11) is 0. The lowest BCUT2D eigenvalue weighted by Gasteiger charge is -2.14. The maximum atomic E-state index is 11.5. The molecule has 1 rings (SSSR count). The Hall–Kier alpha value is -1.97. The van der Waals surface area contributed by atoms with Crippen LogP contribution in [-0.4, -0.2) is 18.7 Å². The number of amides is 2. The Morgan fingerprint density at radius 3 is 2.82 bits per heavy atom. The van der Waals surface area contributed by atoms with Gasteiger partial charge in [-0.3, -0.25) is 0 Å². The second kappa shape index (κ2) is 6.58. The Bertz CT molecular complexity index is 389. The molecule has 0 aliphatic carbocycles. The van der Waals surface area contributed by atoms with Crippen LogP contribution in [-0.2, 0) is 0 Å². The Kier molecular flexibility index (Phi) is 5.07. The number of carbonyl (C=O) groups is 1. The van der Waals surface area contributed by atoms with E-state index < -0.39 is 0 Å². The summed E-state index contributed by atoms with van der Waals surface area (Å²) in [5.41, 5.74) is 0.655. The zero-order chi connectivity index (χ0) is 12.7. The van der Waals surface area contributed by atoms with Crippen LogP contribution in [0.15, 0.2) is 36.9 Å². The van der Waals surface area contributed by atoms with Gasteiger partial charge >= 0.3 is 6.03 Å². The zero-order valence-corrected chi connectivity index (χ0v) is 10.2. The average Bonchev–Trinajstić information content (AvgIpc) is 2.28. The van der Waals surface area contributed by atoms with Gasteiger partial charge in [0.05, 0.1) is 11.8 Å². The van der Waals surface area contributed by atoms with E-state index >= 15 is 0 Å². The van der Waals surface area contributed by atoms with Crippen LogP contribution in [0.2, 0.25) is 0 Å². The fourth-order valence-electron chi connectivity index (χ4n) is 1.26. The van der Waals surface area contributed by atoms with E-state index in [1.165, 1.54) is 0 Å². The van der Waals surface area contributed by atoms with Crippen LogP contribution in [0, 0.1) is 0 Å². The molecule has 1 aromatic carbocycles. The molecule has 0 bridgehead atoms. The highest BCUT2D eigenvalue weighted by molar-refractivity contribution is 5.90. The Labute approximate surface area is 102 Å². The number of rotatable bonds is 5. The number of nitrogens with one attached hydrogen (secondary N) is 2. The first-order valence-corrected chi connectivity index (χ1v) is 5.55. The summed E-state index contributed by atoms with van der Waals surface area (Å²) in [6, 6.07) is 7.06. The third-order valence-corrected chi connectivity index (χ3v) is 1.90. The van der Waals surface area contributed by atoms with Crippen LogP contribution in [0.3, 0.4) is 0 Å². The van der Waals surface area contributed by atoms with Crippen molar-refractivity contribution >= 4 is 11.7 Å². The van der Waals surface area contributed by atoms with Crippen LogP contribution in [0.5, 0.6) is 5.75 Å². The molecule has 4 heteroatoms. The van der Waals surface area contributed by atoms with Crippen molar-refractivity contribution in [2.45, 2.75) is 20.0 Å². The predicted molar refractivity (Wildman–Crippen MR) is 69.4 cm³/mol. The van der Waals surface area contributed by atoms with Crippen LogP contribution in [0.4, 0.5) is 10.5 Å². The summed E-state index contributed by atoms with van der Waals surface area (Å²) < 4.78 is 5.59. The summed E-state index contributed by atoms with van der Waals surface area (Å²) >= 11 is 0. The lowest BCUT2D eigenvalue weighted by Crippen LogP contribution is -2.28. The number of hydrogen-bond acceptors (Lipinski definition) is 2. The van der Waals surface area contributed by atoms with Gasteiger partial charge in [0.25, 0.3) is 0 Å². The van der Waals surface area contributed by atoms with Crippen molar-refractivity contribution in [1.82, 2.24) is 5.32 Å². The van der Waals surface area contributed by atoms with Crippen LogP contribution < -0.4 is 15.4 Å². The van der Waals surface area contributed by atoms with Crippen molar-refractivity contribution in [3.05, 3.63) is 36.9 Å². The standard InChI is InChI=1S/C13H18N2O2/c1-4-9-14-13(16)15-11-7-5-6-8-12(11)17-10(2)3/h4-8,10H,1,9H2,2-3H3,(H2,14,15,16). The molecular weight excluding hydrogens is 216 g/mol. The molecule has 0 heterocycles. The molecule has 2 N–H and O–H groups in total. The average molecular weight is 234 g/mol. The molecule has 2 amide bonds. The third kappa shape index (κ3) is 4.59. The topological polar surface area (TPSA) is 50.4 Å². The van der Waals surface area contributed by atoms with Crippen LogP contribution in [0.1, 0.15) is 13.8 Å². The Balaban J connectivity index is 2.69. The Morgan fingerprint density at radius 1 is 1.47 bits per heavy atom. The van der Waals surface area contributed by atoms with Gasteiger partial charge in [-0.2, -0.15) is 0 Å². The fourth-order valence-corrected chi connectivity index (χ4v) is 1.26. The molecule has 1 aromatic rings. The molecule has 0 unspecified atom stereocenters. The molecule has 4 nitrogen and oxygen atoms in total. The van der Waals surface area contributed by atoms with Crippen molar-refractivity contribution in [2.75, 3.05) is 11.9 Å². The summed E-state index contributed by atoms with van der Waals surface area (Å²) in [4.78, 5) is 11.5. The molecule has 0 saturated heterocycles. The van der Waals surface area contributed by atoms with Crippen LogP contribution in [0.25, 0.3) is 0 Å². The lowest BCUT2D eigenvalue weighted by molar-refractivity contribution is 0.242. The minimum atomic E-state index is -0.273. The molecule has 0 aliphatic heterocycles. The molecule has 0 atom stereocenters. The second-order valence-electron chi connectivity index (χ2n) is 3.79. The normalized spacial score (nSPS) is 9.82. The largest absolute Gasteiger partial charge is 0.489 e. The molecule has 17 heavy (non-hydrogen) atoms. The van der Waals surface area contributed by atoms with E-state index in [0.717, 1.165) is 0 Å². The maximum Gasteiger partial charge on any atom is 0.319 e. The number of anilines is 1. The predicted octanol–water partition coefficient (Wildman–Crippen LogP) is 2.78. The molecular formula is C13H18N2O2. The molecule has 0 saturated carbocycles. The first-order valence-electron chi connectivity index (χ1n) is 5.55. The number of benzene rings is 1. The van der Waals surface area contributed by atoms with E-state index in [1.54, 1.807) is 12.1 Å². The van der Waals surface area contributed by atoms with E-state index in [-0.39, 0.29) is 12.1 Å². The van der Waals surface area contributed by atoms with Gasteiger partial charge in [0, 0.05) is 6.54 Å². The molecule has 0 aromatic heterocycles. The van der Waals surface area contributed by atoms with Gasteiger partial charge in [-0.25, -0.2) is 4.79 Å². The first kappa shape index (κ1) is 13.1. The monoisotopic (exact) mass is 234 g/mol. The number of para-hydroxylation sites is 2. The van der Waals surface area contributed by atoms with Gasteiger partial charge < -0.3 is 15.4 Å². The number of carbonyl (C=O) groups excluding carboxylic acids is 1. The summed E-state index contributed by atoms with van der Waals surface area (Å²) in [5.74, 6) is 0.663. The first-order chi connectivity index (χ1) is 8.13. The highest BCUT2D eigenvalue weighted by Crippen LogP contribution is 2.24. The minimum Gasteiger partial charge on any atom is -0.489 e. The third-order valence-electron chi connectivity index (χ3n) is 1.90. The van der Waals surface area contributed by atoms with Gasteiger partial charge in [0.2, 0.25) is 0 Å². The number of urea groups is 1. The zero-order valence-electron chi connectivity index (χ0n) is 10.2. The number of hydrogen-bond donors (Lipinski definition) is 2. The fraction of sp³-hybridized carbons (Fsp3) is 0.308. The smallest absolute Gasteiger partial charge is 0.319 e. The summed E-state index contributed by atoms with van der Waals surface area (Å²) in [6.07, 6.45) is 1.69. The van der Waals surface area contributed by atoms with E-state index in [2.05, 4.69) is 17.2 Å². The van der Waals surface area contributed by atoms with E-state index in [1.807, 2.05) is 32.0 Å². The summed E-state index contributed by atoms with van der Waals surface area (Å²) in [5, 5.41) is 5.37. The lowest BCUT2D eigenvalue weighted by atomic mass is 10.3. The van der Waals surface area contributed by atoms with Crippen LogP contribution >= 0.6 is 0 Å². The highest BCUT2D eigenvalue weighted by Gasteiger charge is 2.07. The van der Waals surface area contributed by atoms with E-state index in [4.69, 9.17) is 4.74 Å². The van der Waals surface area contributed by atoms with Gasteiger partial charge in [-0.15, -0.1) is 6.58 Å². The maximum absolute atomic E-state index is 11.5. The SMILES string of the molecule is C=CCNC(=O)Nc1ccccc1OC(C)C. The Morgan fingerprint density at radius 2 is 2.18 bits per heavy atom. The van der Waals surface area contributed by atoms with Crippen molar-refractivity contribution in [1.29, 1.82) is 0 Å². The van der Waals surface area contributed by atoms with Crippen molar-refractivity contribution in [2.24, 2.45) is 0 Å². The highest BCUT2D eigenvalue weighted by atomic mass is 16.5. The molecule has 0 aliphatic rings. The second-order valence-corrected chi connectivity index (χ2v) is 3.79. The quantitative estimate of drug-likeness (QED) is 0.770. The minimum absolute atomic E-state index is 0.0641. The van der Waals surface area contributed by atoms with Gasteiger partial charge in [0.1, 0.15) is 5.75 Å². The molecule has 0 spiro atoms.